The molecule has 0 aliphatic carbocycles. The van der Waals surface area contributed by atoms with Crippen LogP contribution in [0, 0.1) is 0 Å². The molecule has 1 aromatic carbocycles. The molecule has 1 aliphatic rings. The summed E-state index contributed by atoms with van der Waals surface area (Å²) in [6.07, 6.45) is 2.65. The maximum Gasteiger partial charge on any atom is 0.242 e. The molecular weight excluding hydrogens is 306 g/mol. The van der Waals surface area contributed by atoms with Crippen LogP contribution >= 0.6 is 0 Å². The Morgan fingerprint density at radius 3 is 2.83 bits per heavy atom. The number of hydrogen-bond acceptors (Lipinski definition) is 4. The number of nitrogens with zero attached hydrogens (tertiary/aromatic N) is 1. The summed E-state index contributed by atoms with van der Waals surface area (Å²) in [5.41, 5.74) is 0.880. The molecule has 1 fully saturated rings. The zero-order valence-electron chi connectivity index (χ0n) is 14.2. The standard InChI is InChI=1S/C18H27N3O3/c1-2-15(22)12-21(14-8-4-3-5-9-14)13-17(23)20-16-10-6-7-11-19-18(16)24/h3-5,8-9,15-16,22H,2,6-7,10-13H2,1H3,(H,19,24)(H,20,23)/t15-,16+/m1/s1. The molecule has 24 heavy (non-hydrogen) atoms. The van der Waals surface area contributed by atoms with E-state index in [-0.39, 0.29) is 18.4 Å². The second-order valence-corrected chi connectivity index (χ2v) is 6.19. The van der Waals surface area contributed by atoms with Gasteiger partial charge < -0.3 is 20.6 Å². The highest BCUT2D eigenvalue weighted by Gasteiger charge is 2.23. The van der Waals surface area contributed by atoms with E-state index in [1.165, 1.54) is 0 Å². The first-order valence-electron chi connectivity index (χ1n) is 8.65. The van der Waals surface area contributed by atoms with Gasteiger partial charge in [0.15, 0.2) is 0 Å². The van der Waals surface area contributed by atoms with E-state index in [2.05, 4.69) is 10.6 Å². The third kappa shape index (κ3) is 5.53. The average molecular weight is 333 g/mol. The molecule has 6 heteroatoms. The average Bonchev–Trinajstić information content (AvgIpc) is 2.79. The van der Waals surface area contributed by atoms with Crippen LogP contribution in [0.5, 0.6) is 0 Å². The highest BCUT2D eigenvalue weighted by atomic mass is 16.3. The maximum atomic E-state index is 12.4. The van der Waals surface area contributed by atoms with Gasteiger partial charge in [-0.25, -0.2) is 0 Å². The Morgan fingerprint density at radius 2 is 2.12 bits per heavy atom. The zero-order valence-corrected chi connectivity index (χ0v) is 14.2. The Bertz CT molecular complexity index is 536. The van der Waals surface area contributed by atoms with Crippen LogP contribution in [0.1, 0.15) is 32.6 Å². The van der Waals surface area contributed by atoms with Crippen molar-refractivity contribution >= 4 is 17.5 Å². The summed E-state index contributed by atoms with van der Waals surface area (Å²) in [6, 6.07) is 9.07. The number of carbonyl (C=O) groups is 2. The minimum atomic E-state index is -0.501. The zero-order chi connectivity index (χ0) is 17.4. The van der Waals surface area contributed by atoms with Crippen molar-refractivity contribution in [1.29, 1.82) is 0 Å². The number of rotatable bonds is 7. The van der Waals surface area contributed by atoms with E-state index in [1.54, 1.807) is 0 Å². The molecule has 1 aromatic rings. The Labute approximate surface area is 143 Å². The Morgan fingerprint density at radius 1 is 1.38 bits per heavy atom. The summed E-state index contributed by atoms with van der Waals surface area (Å²) in [4.78, 5) is 26.2. The van der Waals surface area contributed by atoms with Crippen LogP contribution in [0.3, 0.4) is 0 Å². The summed E-state index contributed by atoms with van der Waals surface area (Å²) in [7, 11) is 0. The molecule has 0 radical (unpaired) electrons. The van der Waals surface area contributed by atoms with Crippen molar-refractivity contribution in [2.75, 3.05) is 24.5 Å². The van der Waals surface area contributed by atoms with Gasteiger partial charge >= 0.3 is 0 Å². The van der Waals surface area contributed by atoms with Crippen LogP contribution in [0.15, 0.2) is 30.3 Å². The molecule has 2 rings (SSSR count). The third-order valence-corrected chi connectivity index (χ3v) is 4.23. The van der Waals surface area contributed by atoms with E-state index in [9.17, 15) is 14.7 Å². The number of amides is 2. The molecule has 2 amide bonds. The van der Waals surface area contributed by atoms with Gasteiger partial charge in [0.2, 0.25) is 11.8 Å². The number of carbonyl (C=O) groups excluding carboxylic acids is 2. The molecular formula is C18H27N3O3. The highest BCUT2D eigenvalue weighted by molar-refractivity contribution is 5.89. The predicted octanol–water partition coefficient (Wildman–Crippen LogP) is 1.05. The van der Waals surface area contributed by atoms with Crippen molar-refractivity contribution in [2.45, 2.75) is 44.8 Å². The lowest BCUT2D eigenvalue weighted by atomic mass is 10.1. The van der Waals surface area contributed by atoms with Crippen molar-refractivity contribution in [2.24, 2.45) is 0 Å². The van der Waals surface area contributed by atoms with Crippen LogP contribution in [0.25, 0.3) is 0 Å². The number of benzene rings is 1. The highest BCUT2D eigenvalue weighted by Crippen LogP contribution is 2.14. The van der Waals surface area contributed by atoms with Crippen molar-refractivity contribution in [3.05, 3.63) is 30.3 Å². The number of aliphatic hydroxyl groups excluding tert-OH is 1. The number of anilines is 1. The summed E-state index contributed by atoms with van der Waals surface area (Å²) in [5.74, 6) is -0.315. The quantitative estimate of drug-likeness (QED) is 0.697. The fourth-order valence-corrected chi connectivity index (χ4v) is 2.77. The number of aliphatic hydroxyl groups is 1. The smallest absolute Gasteiger partial charge is 0.242 e. The minimum absolute atomic E-state index is 0.110. The van der Waals surface area contributed by atoms with Crippen molar-refractivity contribution < 1.29 is 14.7 Å². The second-order valence-electron chi connectivity index (χ2n) is 6.19. The number of hydrogen-bond donors (Lipinski definition) is 3. The largest absolute Gasteiger partial charge is 0.391 e. The van der Waals surface area contributed by atoms with Gasteiger partial charge in [-0.15, -0.1) is 0 Å². The fraction of sp³-hybridized carbons (Fsp3) is 0.556. The van der Waals surface area contributed by atoms with E-state index in [1.807, 2.05) is 42.2 Å². The summed E-state index contributed by atoms with van der Waals surface area (Å²) >= 11 is 0. The first-order chi connectivity index (χ1) is 11.6. The topological polar surface area (TPSA) is 81.7 Å². The van der Waals surface area contributed by atoms with E-state index in [4.69, 9.17) is 0 Å². The minimum Gasteiger partial charge on any atom is -0.391 e. The molecule has 1 saturated heterocycles. The van der Waals surface area contributed by atoms with E-state index >= 15 is 0 Å². The molecule has 1 aliphatic heterocycles. The van der Waals surface area contributed by atoms with Gasteiger partial charge in [0.1, 0.15) is 6.04 Å². The summed E-state index contributed by atoms with van der Waals surface area (Å²) in [5, 5.41) is 15.6. The SMILES string of the molecule is CC[C@@H](O)CN(CC(=O)N[C@H]1CCCCNC1=O)c1ccccc1. The van der Waals surface area contributed by atoms with Crippen LogP contribution in [-0.2, 0) is 9.59 Å². The first kappa shape index (κ1) is 18.3. The van der Waals surface area contributed by atoms with Gasteiger partial charge in [-0.1, -0.05) is 25.1 Å². The molecule has 0 saturated carbocycles. The predicted molar refractivity (Wildman–Crippen MR) is 93.7 cm³/mol. The monoisotopic (exact) mass is 333 g/mol. The van der Waals surface area contributed by atoms with Crippen molar-refractivity contribution in [3.63, 3.8) is 0 Å². The molecule has 3 N–H and O–H groups in total. The van der Waals surface area contributed by atoms with E-state index in [0.29, 0.717) is 25.9 Å². The van der Waals surface area contributed by atoms with Crippen LogP contribution < -0.4 is 15.5 Å². The van der Waals surface area contributed by atoms with Gasteiger partial charge in [0, 0.05) is 18.8 Å². The molecule has 132 valence electrons. The third-order valence-electron chi connectivity index (χ3n) is 4.23. The lowest BCUT2D eigenvalue weighted by Gasteiger charge is -2.27. The van der Waals surface area contributed by atoms with Crippen molar-refractivity contribution in [3.8, 4) is 0 Å². The summed E-state index contributed by atoms with van der Waals surface area (Å²) in [6.45, 7) is 3.07. The lowest BCUT2D eigenvalue weighted by molar-refractivity contribution is -0.128. The molecule has 0 aromatic heterocycles. The van der Waals surface area contributed by atoms with Gasteiger partial charge in [-0.05, 0) is 37.8 Å². The van der Waals surface area contributed by atoms with Gasteiger partial charge in [0.25, 0.3) is 0 Å². The molecule has 2 atom stereocenters. The number of nitrogens with one attached hydrogen (secondary N) is 2. The summed E-state index contributed by atoms with van der Waals surface area (Å²) < 4.78 is 0. The second kappa shape index (κ2) is 9.27. The lowest BCUT2D eigenvalue weighted by Crippen LogP contribution is -2.49. The van der Waals surface area contributed by atoms with Gasteiger partial charge in [-0.2, -0.15) is 0 Å². The Kier molecular flexibility index (Phi) is 7.06. The normalized spacial score (nSPS) is 19.1. The molecule has 1 heterocycles. The van der Waals surface area contributed by atoms with Gasteiger partial charge in [-0.3, -0.25) is 9.59 Å². The van der Waals surface area contributed by atoms with E-state index in [0.717, 1.165) is 18.5 Å². The molecule has 0 spiro atoms. The maximum absolute atomic E-state index is 12.4. The fourth-order valence-electron chi connectivity index (χ4n) is 2.77. The number of para-hydroxylation sites is 1. The first-order valence-corrected chi connectivity index (χ1v) is 8.65. The van der Waals surface area contributed by atoms with Crippen LogP contribution in [-0.4, -0.2) is 48.7 Å². The Balaban J connectivity index is 1.99. The molecule has 0 bridgehead atoms. The molecule has 0 unspecified atom stereocenters. The van der Waals surface area contributed by atoms with Gasteiger partial charge in [0.05, 0.1) is 12.6 Å². The molecule has 6 nitrogen and oxygen atoms in total. The Hall–Kier alpha value is -2.08. The van der Waals surface area contributed by atoms with Crippen LogP contribution in [0.4, 0.5) is 5.69 Å². The van der Waals surface area contributed by atoms with E-state index < -0.39 is 12.1 Å². The van der Waals surface area contributed by atoms with Crippen molar-refractivity contribution in [1.82, 2.24) is 10.6 Å². The van der Waals surface area contributed by atoms with Crippen LogP contribution in [0.2, 0.25) is 0 Å².